The van der Waals surface area contributed by atoms with Crippen LogP contribution in [0, 0.1) is 0 Å². The third kappa shape index (κ3) is 7.00. The van der Waals surface area contributed by atoms with Crippen LogP contribution in [0.4, 0.5) is 0 Å². The molecule has 0 saturated heterocycles. The fraction of sp³-hybridized carbons (Fsp3) is 0.484. The first kappa shape index (κ1) is 25.1. The molecule has 0 aliphatic carbocycles. The van der Waals surface area contributed by atoms with E-state index >= 15 is 0 Å². The molecule has 0 N–H and O–H groups in total. The molecule has 1 aliphatic heterocycles. The Bertz CT molecular complexity index is 980. The molecule has 0 fully saturated rings. The van der Waals surface area contributed by atoms with E-state index in [1.54, 1.807) is 0 Å². The zero-order valence-corrected chi connectivity index (χ0v) is 21.1. The Hall–Kier alpha value is -2.48. The summed E-state index contributed by atoms with van der Waals surface area (Å²) in [4.78, 5) is 0. The van der Waals surface area contributed by atoms with Gasteiger partial charge < -0.3 is 5.53 Å². The largest absolute Gasteiger partial charge is 0.493 e. The van der Waals surface area contributed by atoms with E-state index in [0.29, 0.717) is 0 Å². The second-order valence-electron chi connectivity index (χ2n) is 9.44. The first-order chi connectivity index (χ1) is 16.2. The van der Waals surface area contributed by atoms with Crippen molar-refractivity contribution in [3.05, 3.63) is 88.0 Å². The molecule has 33 heavy (non-hydrogen) atoms. The van der Waals surface area contributed by atoms with Crippen LogP contribution in [0.2, 0.25) is 0 Å². The number of hydrogen-bond donors (Lipinski definition) is 0. The molecule has 0 amide bonds. The summed E-state index contributed by atoms with van der Waals surface area (Å²) in [6.07, 6.45) is 16.8. The number of rotatable bonds is 14. The van der Waals surface area contributed by atoms with E-state index in [2.05, 4.69) is 75.4 Å². The van der Waals surface area contributed by atoms with Gasteiger partial charge in [0.25, 0.3) is 0 Å². The van der Waals surface area contributed by atoms with E-state index in [-0.39, 0.29) is 0 Å². The summed E-state index contributed by atoms with van der Waals surface area (Å²) < 4.78 is 1.44. The summed E-state index contributed by atoms with van der Waals surface area (Å²) in [5.74, 6) is 0. The van der Waals surface area contributed by atoms with Gasteiger partial charge in [-0.05, 0) is 67.5 Å². The van der Waals surface area contributed by atoms with E-state index in [1.807, 2.05) is 0 Å². The Balaban J connectivity index is 1.78. The topological polar surface area (TPSA) is 25.3 Å². The van der Waals surface area contributed by atoms with Crippen molar-refractivity contribution in [2.45, 2.75) is 97.8 Å². The number of allylic oxidation sites excluding steroid dienone is 2. The van der Waals surface area contributed by atoms with Crippen LogP contribution in [0.5, 0.6) is 0 Å². The van der Waals surface area contributed by atoms with Gasteiger partial charge in [-0.1, -0.05) is 90.0 Å². The maximum atomic E-state index is 11.3. The number of benzene rings is 2. The van der Waals surface area contributed by atoms with E-state index in [0.717, 1.165) is 48.2 Å². The Morgan fingerprint density at radius 3 is 2.03 bits per heavy atom. The molecule has 0 radical (unpaired) electrons. The molecule has 0 atom stereocenters. The molecule has 0 spiro atoms. The van der Waals surface area contributed by atoms with E-state index in [4.69, 9.17) is 0 Å². The zero-order valence-electron chi connectivity index (χ0n) is 21.1. The number of nitrogens with zero attached hydrogens (tertiary/aromatic N) is 2. The van der Waals surface area contributed by atoms with Crippen molar-refractivity contribution in [2.75, 3.05) is 0 Å². The number of unbranched alkanes of at least 4 members (excludes halogenated alkanes) is 7. The number of aryl methyl sites for hydroxylation is 2. The SMILES string of the molecule is CCCCCCCCc1cccc(C2=CC(CCCCC)=C(c3cccc(CC)c3)[N+]2=[N-])c1. The van der Waals surface area contributed by atoms with Gasteiger partial charge in [0.15, 0.2) is 0 Å². The molecular formula is C31H42N2. The van der Waals surface area contributed by atoms with Gasteiger partial charge in [0.05, 0.1) is 0 Å². The summed E-state index contributed by atoms with van der Waals surface area (Å²) in [6, 6.07) is 17.4. The highest BCUT2D eigenvalue weighted by Gasteiger charge is 2.28. The molecule has 2 aromatic rings. The van der Waals surface area contributed by atoms with E-state index in [9.17, 15) is 5.53 Å². The monoisotopic (exact) mass is 442 g/mol. The highest BCUT2D eigenvalue weighted by Crippen LogP contribution is 2.37. The Kier molecular flexibility index (Phi) is 10.1. The summed E-state index contributed by atoms with van der Waals surface area (Å²) in [7, 11) is 0. The molecule has 2 heteroatoms. The van der Waals surface area contributed by atoms with Crippen LogP contribution in [0.15, 0.2) is 60.2 Å². The van der Waals surface area contributed by atoms with Crippen molar-refractivity contribution in [3.63, 3.8) is 0 Å². The molecule has 2 nitrogen and oxygen atoms in total. The summed E-state index contributed by atoms with van der Waals surface area (Å²) in [6.45, 7) is 6.69. The smallest absolute Gasteiger partial charge is 0.210 e. The molecule has 1 heterocycles. The molecule has 0 bridgehead atoms. The van der Waals surface area contributed by atoms with Crippen LogP contribution in [0.3, 0.4) is 0 Å². The van der Waals surface area contributed by atoms with Crippen LogP contribution in [0.1, 0.15) is 107 Å². The van der Waals surface area contributed by atoms with E-state index < -0.39 is 0 Å². The summed E-state index contributed by atoms with van der Waals surface area (Å²) in [5.41, 5.74) is 19.3. The maximum absolute atomic E-state index is 11.3. The zero-order chi connectivity index (χ0) is 23.5. The Morgan fingerprint density at radius 2 is 1.27 bits per heavy atom. The van der Waals surface area contributed by atoms with Gasteiger partial charge in [0.1, 0.15) is 0 Å². The summed E-state index contributed by atoms with van der Waals surface area (Å²) in [5, 5.41) is 0. The van der Waals surface area contributed by atoms with Crippen molar-refractivity contribution in [3.8, 4) is 0 Å². The van der Waals surface area contributed by atoms with Crippen LogP contribution in [-0.4, -0.2) is 4.70 Å². The molecule has 0 aromatic heterocycles. The molecular weight excluding hydrogens is 400 g/mol. The van der Waals surface area contributed by atoms with E-state index in [1.165, 1.54) is 72.8 Å². The first-order valence-corrected chi connectivity index (χ1v) is 13.3. The fourth-order valence-electron chi connectivity index (χ4n) is 4.75. The third-order valence-electron chi connectivity index (χ3n) is 6.76. The lowest BCUT2D eigenvalue weighted by atomic mass is 10.00. The molecule has 1 aliphatic rings. The average Bonchev–Trinajstić information content (AvgIpc) is 3.17. The molecule has 0 saturated carbocycles. The minimum atomic E-state index is 0.906. The second kappa shape index (κ2) is 13.3. The summed E-state index contributed by atoms with van der Waals surface area (Å²) >= 11 is 0. The van der Waals surface area contributed by atoms with Gasteiger partial charge in [-0.3, -0.25) is 0 Å². The Morgan fingerprint density at radius 1 is 0.667 bits per heavy atom. The van der Waals surface area contributed by atoms with Crippen LogP contribution < -0.4 is 0 Å². The lowest BCUT2D eigenvalue weighted by Gasteiger charge is -2.11. The molecule has 2 aromatic carbocycles. The second-order valence-corrected chi connectivity index (χ2v) is 9.44. The van der Waals surface area contributed by atoms with Crippen molar-refractivity contribution >= 4 is 11.4 Å². The highest BCUT2D eigenvalue weighted by molar-refractivity contribution is 5.78. The predicted molar refractivity (Wildman–Crippen MR) is 142 cm³/mol. The fourth-order valence-corrected chi connectivity index (χ4v) is 4.75. The Labute approximate surface area is 201 Å². The molecule has 0 unspecified atom stereocenters. The minimum Gasteiger partial charge on any atom is -0.493 e. The van der Waals surface area contributed by atoms with Gasteiger partial charge in [-0.25, -0.2) is 4.70 Å². The molecule has 3 rings (SSSR count). The average molecular weight is 443 g/mol. The normalized spacial score (nSPS) is 13.7. The van der Waals surface area contributed by atoms with Gasteiger partial charge in [-0.2, -0.15) is 0 Å². The van der Waals surface area contributed by atoms with Crippen LogP contribution in [0.25, 0.3) is 16.9 Å². The first-order valence-electron chi connectivity index (χ1n) is 13.3. The van der Waals surface area contributed by atoms with Crippen molar-refractivity contribution in [1.82, 2.24) is 0 Å². The van der Waals surface area contributed by atoms with Gasteiger partial charge in [0, 0.05) is 22.8 Å². The predicted octanol–water partition coefficient (Wildman–Crippen LogP) is 9.53. The quantitative estimate of drug-likeness (QED) is 0.205. The molecule has 176 valence electrons. The van der Waals surface area contributed by atoms with Crippen molar-refractivity contribution in [1.29, 1.82) is 0 Å². The van der Waals surface area contributed by atoms with Crippen LogP contribution >= 0.6 is 0 Å². The lowest BCUT2D eigenvalue weighted by Crippen LogP contribution is -2.03. The minimum absolute atomic E-state index is 0.906. The number of hydrogen-bond acceptors (Lipinski definition) is 0. The highest BCUT2D eigenvalue weighted by atomic mass is 15.2. The standard InChI is InChI=1S/C31H42N2/c1-4-7-9-10-11-13-16-26-18-15-20-27(23-26)30-24-29(19-12-8-5-2)31(33(30)32)28-21-14-17-25(6-3)22-28/h14-15,17-18,20-24H,4-13,16,19H2,1-3H3. The lowest BCUT2D eigenvalue weighted by molar-refractivity contribution is -0.344. The third-order valence-corrected chi connectivity index (χ3v) is 6.76. The van der Waals surface area contributed by atoms with Crippen LogP contribution in [-0.2, 0) is 12.8 Å². The van der Waals surface area contributed by atoms with Gasteiger partial charge >= 0.3 is 0 Å². The maximum Gasteiger partial charge on any atom is 0.210 e. The van der Waals surface area contributed by atoms with Crippen molar-refractivity contribution < 1.29 is 4.70 Å². The van der Waals surface area contributed by atoms with Crippen molar-refractivity contribution in [2.24, 2.45) is 0 Å². The van der Waals surface area contributed by atoms with Gasteiger partial charge in [0.2, 0.25) is 11.4 Å². The van der Waals surface area contributed by atoms with Gasteiger partial charge in [-0.15, -0.1) is 0 Å².